The first-order valence-electron chi connectivity index (χ1n) is 7.21. The lowest BCUT2D eigenvalue weighted by Crippen LogP contribution is -2.21. The van der Waals surface area contributed by atoms with E-state index >= 15 is 0 Å². The zero-order valence-electron chi connectivity index (χ0n) is 13.1. The summed E-state index contributed by atoms with van der Waals surface area (Å²) in [5, 5.41) is 9.07. The first-order valence-corrected chi connectivity index (χ1v) is 7.21. The number of rotatable bonds is 6. The molecule has 1 aromatic carbocycles. The van der Waals surface area contributed by atoms with Crippen molar-refractivity contribution in [1.82, 2.24) is 0 Å². The standard InChI is InChI=1S/C17H22N2O2/c1-5-19(6-2)16-9-8-14(13(4)10-16)11-15(12-18)17(20)21-7-3/h8-11H,5-7H2,1-4H3/b15-11+. The lowest BCUT2D eigenvalue weighted by Gasteiger charge is -2.21. The van der Waals surface area contributed by atoms with Crippen LogP contribution >= 0.6 is 0 Å². The van der Waals surface area contributed by atoms with Gasteiger partial charge in [0, 0.05) is 18.8 Å². The second-order valence-corrected chi connectivity index (χ2v) is 4.60. The Morgan fingerprint density at radius 1 is 1.33 bits per heavy atom. The third-order valence-corrected chi connectivity index (χ3v) is 3.30. The van der Waals surface area contributed by atoms with Crippen LogP contribution in [-0.4, -0.2) is 25.7 Å². The molecule has 0 atom stereocenters. The molecule has 112 valence electrons. The molecule has 0 aliphatic heterocycles. The average molecular weight is 286 g/mol. The van der Waals surface area contributed by atoms with Crippen LogP contribution in [0.25, 0.3) is 6.08 Å². The Bertz CT molecular complexity index is 567. The van der Waals surface area contributed by atoms with Gasteiger partial charge in [-0.1, -0.05) is 6.07 Å². The molecule has 1 aromatic rings. The molecular formula is C17H22N2O2. The highest BCUT2D eigenvalue weighted by Gasteiger charge is 2.11. The highest BCUT2D eigenvalue weighted by atomic mass is 16.5. The smallest absolute Gasteiger partial charge is 0.348 e. The van der Waals surface area contributed by atoms with Crippen LogP contribution in [0.2, 0.25) is 0 Å². The Hall–Kier alpha value is -2.28. The molecule has 0 aliphatic carbocycles. The molecule has 0 aliphatic rings. The van der Waals surface area contributed by atoms with Gasteiger partial charge in [-0.25, -0.2) is 4.79 Å². The van der Waals surface area contributed by atoms with Crippen molar-refractivity contribution in [2.45, 2.75) is 27.7 Å². The van der Waals surface area contributed by atoms with Gasteiger partial charge in [0.05, 0.1) is 6.61 Å². The molecule has 0 aromatic heterocycles. The minimum absolute atomic E-state index is 0.0236. The van der Waals surface area contributed by atoms with Gasteiger partial charge in [-0.2, -0.15) is 5.26 Å². The van der Waals surface area contributed by atoms with E-state index in [4.69, 9.17) is 10.00 Å². The molecule has 0 bridgehead atoms. The Kier molecular flexibility index (Phi) is 6.48. The van der Waals surface area contributed by atoms with Crippen molar-refractivity contribution >= 4 is 17.7 Å². The number of hydrogen-bond acceptors (Lipinski definition) is 4. The van der Waals surface area contributed by atoms with Crippen molar-refractivity contribution < 1.29 is 9.53 Å². The Balaban J connectivity index is 3.10. The summed E-state index contributed by atoms with van der Waals surface area (Å²) < 4.78 is 4.87. The Morgan fingerprint density at radius 3 is 2.48 bits per heavy atom. The van der Waals surface area contributed by atoms with E-state index in [1.165, 1.54) is 0 Å². The van der Waals surface area contributed by atoms with Crippen molar-refractivity contribution in [2.24, 2.45) is 0 Å². The van der Waals surface area contributed by atoms with Crippen LogP contribution in [0, 0.1) is 18.3 Å². The van der Waals surface area contributed by atoms with Gasteiger partial charge in [-0.3, -0.25) is 0 Å². The quantitative estimate of drug-likeness (QED) is 0.457. The molecule has 1 rings (SSSR count). The van der Waals surface area contributed by atoms with Gasteiger partial charge in [0.2, 0.25) is 0 Å². The Morgan fingerprint density at radius 2 is 2.00 bits per heavy atom. The molecule has 0 spiro atoms. The van der Waals surface area contributed by atoms with Gasteiger partial charge in [0.15, 0.2) is 0 Å². The van der Waals surface area contributed by atoms with Crippen molar-refractivity contribution in [3.63, 3.8) is 0 Å². The fraction of sp³-hybridized carbons (Fsp3) is 0.412. The molecule has 0 fully saturated rings. The van der Waals surface area contributed by atoms with Crippen molar-refractivity contribution in [1.29, 1.82) is 5.26 Å². The number of ether oxygens (including phenoxy) is 1. The molecule has 0 amide bonds. The number of benzene rings is 1. The summed E-state index contributed by atoms with van der Waals surface area (Å²) in [6.45, 7) is 10.1. The summed E-state index contributed by atoms with van der Waals surface area (Å²) in [6.07, 6.45) is 1.58. The van der Waals surface area contributed by atoms with E-state index in [2.05, 4.69) is 24.8 Å². The molecule has 0 radical (unpaired) electrons. The first kappa shape index (κ1) is 16.8. The maximum atomic E-state index is 11.6. The lowest BCUT2D eigenvalue weighted by molar-refractivity contribution is -0.137. The van der Waals surface area contributed by atoms with E-state index < -0.39 is 5.97 Å². The maximum Gasteiger partial charge on any atom is 0.348 e. The molecule has 0 heterocycles. The molecule has 4 nitrogen and oxygen atoms in total. The predicted octanol–water partition coefficient (Wildman–Crippen LogP) is 3.31. The number of aryl methyl sites for hydroxylation is 1. The van der Waals surface area contributed by atoms with Gasteiger partial charge >= 0.3 is 5.97 Å². The minimum Gasteiger partial charge on any atom is -0.462 e. The summed E-state index contributed by atoms with van der Waals surface area (Å²) in [4.78, 5) is 13.9. The highest BCUT2D eigenvalue weighted by Crippen LogP contribution is 2.21. The van der Waals surface area contributed by atoms with E-state index in [1.807, 2.05) is 25.1 Å². The largest absolute Gasteiger partial charge is 0.462 e. The predicted molar refractivity (Wildman–Crippen MR) is 85.0 cm³/mol. The van der Waals surface area contributed by atoms with Crippen molar-refractivity contribution in [2.75, 3.05) is 24.6 Å². The molecule has 0 saturated heterocycles. The molecular weight excluding hydrogens is 264 g/mol. The van der Waals surface area contributed by atoms with Gasteiger partial charge in [-0.05, 0) is 57.0 Å². The first-order chi connectivity index (χ1) is 10.1. The van der Waals surface area contributed by atoms with Crippen LogP contribution in [0.4, 0.5) is 5.69 Å². The van der Waals surface area contributed by atoms with Crippen LogP contribution in [0.5, 0.6) is 0 Å². The fourth-order valence-electron chi connectivity index (χ4n) is 2.11. The van der Waals surface area contributed by atoms with E-state index in [1.54, 1.807) is 13.0 Å². The fourth-order valence-corrected chi connectivity index (χ4v) is 2.11. The topological polar surface area (TPSA) is 53.3 Å². The molecule has 21 heavy (non-hydrogen) atoms. The number of nitrogens with zero attached hydrogens (tertiary/aromatic N) is 2. The Labute approximate surface area is 126 Å². The van der Waals surface area contributed by atoms with Gasteiger partial charge in [-0.15, -0.1) is 0 Å². The second-order valence-electron chi connectivity index (χ2n) is 4.60. The monoisotopic (exact) mass is 286 g/mol. The van der Waals surface area contributed by atoms with Crippen LogP contribution in [-0.2, 0) is 9.53 Å². The van der Waals surface area contributed by atoms with Gasteiger partial charge in [0.1, 0.15) is 11.6 Å². The number of hydrogen-bond donors (Lipinski definition) is 0. The van der Waals surface area contributed by atoms with E-state index in [9.17, 15) is 4.79 Å². The SMILES string of the molecule is CCOC(=O)/C(C#N)=C/c1ccc(N(CC)CC)cc1C. The molecule has 0 unspecified atom stereocenters. The van der Waals surface area contributed by atoms with Gasteiger partial charge < -0.3 is 9.64 Å². The van der Waals surface area contributed by atoms with Crippen LogP contribution < -0.4 is 4.90 Å². The number of carbonyl (C=O) groups is 1. The van der Waals surface area contributed by atoms with Crippen LogP contribution in [0.15, 0.2) is 23.8 Å². The molecule has 0 saturated carbocycles. The third-order valence-electron chi connectivity index (χ3n) is 3.30. The zero-order chi connectivity index (χ0) is 15.8. The molecule has 4 heteroatoms. The normalized spacial score (nSPS) is 10.9. The number of nitriles is 1. The highest BCUT2D eigenvalue weighted by molar-refractivity contribution is 5.98. The maximum absolute atomic E-state index is 11.6. The minimum atomic E-state index is -0.577. The molecule has 0 N–H and O–H groups in total. The van der Waals surface area contributed by atoms with Crippen molar-refractivity contribution in [3.8, 4) is 6.07 Å². The number of esters is 1. The number of carbonyl (C=O) groups excluding carboxylic acids is 1. The van der Waals surface area contributed by atoms with E-state index in [-0.39, 0.29) is 12.2 Å². The zero-order valence-corrected chi connectivity index (χ0v) is 13.1. The summed E-state index contributed by atoms with van der Waals surface area (Å²) >= 11 is 0. The second kappa shape index (κ2) is 8.11. The van der Waals surface area contributed by atoms with Crippen molar-refractivity contribution in [3.05, 3.63) is 34.9 Å². The van der Waals surface area contributed by atoms with E-state index in [0.717, 1.165) is 29.9 Å². The number of anilines is 1. The summed E-state index contributed by atoms with van der Waals surface area (Å²) in [5.74, 6) is -0.577. The van der Waals surface area contributed by atoms with Gasteiger partial charge in [0.25, 0.3) is 0 Å². The average Bonchev–Trinajstić information content (AvgIpc) is 2.48. The summed E-state index contributed by atoms with van der Waals surface area (Å²) in [5.41, 5.74) is 3.05. The summed E-state index contributed by atoms with van der Waals surface area (Å²) in [6, 6.07) is 7.90. The lowest BCUT2D eigenvalue weighted by atomic mass is 10.0. The summed E-state index contributed by atoms with van der Waals surface area (Å²) in [7, 11) is 0. The van der Waals surface area contributed by atoms with E-state index in [0.29, 0.717) is 0 Å². The van der Waals surface area contributed by atoms with Crippen LogP contribution in [0.1, 0.15) is 31.9 Å². The third kappa shape index (κ3) is 4.35. The van der Waals surface area contributed by atoms with Crippen LogP contribution in [0.3, 0.4) is 0 Å².